The molecule has 1 atom stereocenters. The Kier molecular flexibility index (Phi) is 7.24. The highest BCUT2D eigenvalue weighted by Crippen LogP contribution is 2.25. The Morgan fingerprint density at radius 2 is 1.81 bits per heavy atom. The van der Waals surface area contributed by atoms with Crippen LogP contribution in [0.2, 0.25) is 0 Å². The number of carbonyl (C=O) groups excluding carboxylic acids is 1. The molecule has 0 saturated carbocycles. The van der Waals surface area contributed by atoms with Crippen LogP contribution in [0.15, 0.2) is 41.4 Å². The first kappa shape index (κ1) is 23.1. The van der Waals surface area contributed by atoms with Crippen molar-refractivity contribution in [1.82, 2.24) is 19.2 Å². The average molecular weight is 448 g/mol. The van der Waals surface area contributed by atoms with Gasteiger partial charge in [0.25, 0.3) is 0 Å². The highest BCUT2D eigenvalue weighted by Gasteiger charge is 2.31. The monoisotopic (exact) mass is 447 g/mol. The number of ether oxygens (including phenoxy) is 1. The molecule has 1 aliphatic heterocycles. The molecule has 168 valence electrons. The summed E-state index contributed by atoms with van der Waals surface area (Å²) in [7, 11) is 0.127. The van der Waals surface area contributed by atoms with Gasteiger partial charge in [0, 0.05) is 46.5 Å². The number of esters is 1. The van der Waals surface area contributed by atoms with Crippen LogP contribution in [0.1, 0.15) is 36.1 Å². The van der Waals surface area contributed by atoms with Crippen molar-refractivity contribution in [3.8, 4) is 0 Å². The van der Waals surface area contributed by atoms with E-state index in [1.54, 1.807) is 42.2 Å². The minimum absolute atomic E-state index is 0.128. The second kappa shape index (κ2) is 9.71. The van der Waals surface area contributed by atoms with Gasteiger partial charge in [-0.3, -0.25) is 4.90 Å². The Labute approximate surface area is 183 Å². The smallest absolute Gasteiger partial charge is 0.343 e. The maximum Gasteiger partial charge on any atom is 0.343 e. The van der Waals surface area contributed by atoms with Gasteiger partial charge in [0.1, 0.15) is 17.2 Å². The van der Waals surface area contributed by atoms with Crippen LogP contribution in [-0.4, -0.2) is 80.4 Å². The molecule has 1 unspecified atom stereocenters. The summed E-state index contributed by atoms with van der Waals surface area (Å²) in [5, 5.41) is 0. The lowest BCUT2D eigenvalue weighted by molar-refractivity contribution is 0.0526. The number of benzene rings is 1. The van der Waals surface area contributed by atoms with Gasteiger partial charge in [0.05, 0.1) is 17.5 Å². The Morgan fingerprint density at radius 1 is 1.16 bits per heavy atom. The van der Waals surface area contributed by atoms with E-state index in [1.165, 1.54) is 10.5 Å². The number of carbonyl (C=O) groups is 1. The van der Waals surface area contributed by atoms with Gasteiger partial charge in [-0.25, -0.2) is 23.2 Å². The molecule has 1 aliphatic rings. The van der Waals surface area contributed by atoms with E-state index < -0.39 is 16.0 Å². The van der Waals surface area contributed by atoms with E-state index >= 15 is 0 Å². The predicted molar refractivity (Wildman–Crippen MR) is 118 cm³/mol. The minimum atomic E-state index is -3.50. The number of rotatable bonds is 7. The number of anilines is 1. The van der Waals surface area contributed by atoms with Crippen molar-refractivity contribution in [1.29, 1.82) is 0 Å². The fourth-order valence-electron chi connectivity index (χ4n) is 3.52. The van der Waals surface area contributed by atoms with E-state index in [0.717, 1.165) is 0 Å². The summed E-state index contributed by atoms with van der Waals surface area (Å²) in [5.74, 6) is 0.627. The normalized spacial score (nSPS) is 16.6. The number of sulfonamides is 1. The van der Waals surface area contributed by atoms with Crippen molar-refractivity contribution < 1.29 is 17.9 Å². The lowest BCUT2D eigenvalue weighted by Crippen LogP contribution is -2.49. The van der Waals surface area contributed by atoms with E-state index in [2.05, 4.69) is 14.9 Å². The number of piperazine rings is 1. The van der Waals surface area contributed by atoms with E-state index in [4.69, 9.17) is 4.74 Å². The van der Waals surface area contributed by atoms with Crippen molar-refractivity contribution >= 4 is 21.8 Å². The molecule has 0 spiro atoms. The molecule has 0 amide bonds. The maximum absolute atomic E-state index is 12.8. The van der Waals surface area contributed by atoms with Crippen molar-refractivity contribution in [2.45, 2.75) is 24.8 Å². The van der Waals surface area contributed by atoms with Crippen LogP contribution in [-0.2, 0) is 14.8 Å². The van der Waals surface area contributed by atoms with E-state index in [-0.39, 0.29) is 12.6 Å². The zero-order chi connectivity index (χ0) is 22.6. The first-order chi connectivity index (χ1) is 14.8. The summed E-state index contributed by atoms with van der Waals surface area (Å²) < 4.78 is 32.3. The fourth-order valence-corrected chi connectivity index (χ4v) is 4.96. The van der Waals surface area contributed by atoms with Crippen molar-refractivity contribution in [3.05, 3.63) is 47.9 Å². The quantitative estimate of drug-likeness (QED) is 0.593. The third-order valence-electron chi connectivity index (χ3n) is 5.28. The predicted octanol–water partition coefficient (Wildman–Crippen LogP) is 1.79. The largest absolute Gasteiger partial charge is 0.462 e. The zero-order valence-electron chi connectivity index (χ0n) is 18.4. The summed E-state index contributed by atoms with van der Waals surface area (Å²) in [4.78, 5) is 25.4. The Balaban J connectivity index is 1.73. The summed E-state index contributed by atoms with van der Waals surface area (Å²) in [5.41, 5.74) is 0.321. The van der Waals surface area contributed by atoms with E-state index in [1.807, 2.05) is 21.0 Å². The third-order valence-corrected chi connectivity index (χ3v) is 7.19. The molecule has 31 heavy (non-hydrogen) atoms. The summed E-state index contributed by atoms with van der Waals surface area (Å²) >= 11 is 0. The standard InChI is InChI=1S/C21H29N5O4S/c1-5-30-21(27)18-15-22-19(23-20(18)24(3)4)16(2)25-11-13-26(14-12-25)31(28,29)17-9-7-6-8-10-17/h6-10,15-16H,5,11-14H2,1-4H3. The molecule has 0 radical (unpaired) electrons. The molecule has 10 heteroatoms. The summed E-state index contributed by atoms with van der Waals surface area (Å²) in [6.45, 7) is 5.93. The summed E-state index contributed by atoms with van der Waals surface area (Å²) in [6.07, 6.45) is 1.50. The van der Waals surface area contributed by atoms with Crippen LogP contribution in [0, 0.1) is 0 Å². The van der Waals surface area contributed by atoms with Crippen LogP contribution in [0.5, 0.6) is 0 Å². The number of nitrogens with zero attached hydrogens (tertiary/aromatic N) is 5. The lowest BCUT2D eigenvalue weighted by Gasteiger charge is -2.37. The van der Waals surface area contributed by atoms with Crippen LogP contribution >= 0.6 is 0 Å². The molecule has 3 rings (SSSR count). The molecule has 0 bridgehead atoms. The molecule has 2 heterocycles. The molecular weight excluding hydrogens is 418 g/mol. The van der Waals surface area contributed by atoms with Crippen LogP contribution in [0.4, 0.5) is 5.82 Å². The molecule has 2 aromatic rings. The van der Waals surface area contributed by atoms with Crippen molar-refractivity contribution in [2.75, 3.05) is 51.8 Å². The van der Waals surface area contributed by atoms with Gasteiger partial charge in [-0.15, -0.1) is 0 Å². The fraction of sp³-hybridized carbons (Fsp3) is 0.476. The second-order valence-corrected chi connectivity index (χ2v) is 9.45. The first-order valence-corrected chi connectivity index (χ1v) is 11.7. The van der Waals surface area contributed by atoms with Crippen LogP contribution < -0.4 is 4.90 Å². The van der Waals surface area contributed by atoms with Crippen molar-refractivity contribution in [3.63, 3.8) is 0 Å². The highest BCUT2D eigenvalue weighted by atomic mass is 32.2. The maximum atomic E-state index is 12.8. The molecule has 0 N–H and O–H groups in total. The SMILES string of the molecule is CCOC(=O)c1cnc(C(C)N2CCN(S(=O)(=O)c3ccccc3)CC2)nc1N(C)C. The van der Waals surface area contributed by atoms with Gasteiger partial charge in [0.2, 0.25) is 10.0 Å². The zero-order valence-corrected chi connectivity index (χ0v) is 19.2. The molecule has 1 aromatic carbocycles. The molecular formula is C21H29N5O4S. The Hall–Kier alpha value is -2.56. The van der Waals surface area contributed by atoms with Crippen LogP contribution in [0.25, 0.3) is 0 Å². The van der Waals surface area contributed by atoms with E-state index in [9.17, 15) is 13.2 Å². The highest BCUT2D eigenvalue weighted by molar-refractivity contribution is 7.89. The Bertz CT molecular complexity index is 1010. The average Bonchev–Trinajstić information content (AvgIpc) is 2.79. The Morgan fingerprint density at radius 3 is 2.39 bits per heavy atom. The molecule has 1 aromatic heterocycles. The topological polar surface area (TPSA) is 95.9 Å². The van der Waals surface area contributed by atoms with Gasteiger partial charge in [-0.05, 0) is 26.0 Å². The van der Waals surface area contributed by atoms with Gasteiger partial charge in [-0.2, -0.15) is 4.31 Å². The lowest BCUT2D eigenvalue weighted by atomic mass is 10.2. The van der Waals surface area contributed by atoms with Gasteiger partial charge in [-0.1, -0.05) is 18.2 Å². The second-order valence-electron chi connectivity index (χ2n) is 7.51. The number of aromatic nitrogens is 2. The van der Waals surface area contributed by atoms with Crippen molar-refractivity contribution in [2.24, 2.45) is 0 Å². The molecule has 9 nitrogen and oxygen atoms in total. The minimum Gasteiger partial charge on any atom is -0.462 e. The molecule has 1 saturated heterocycles. The first-order valence-electron chi connectivity index (χ1n) is 10.3. The van der Waals surface area contributed by atoms with Gasteiger partial charge < -0.3 is 9.64 Å². The number of hydrogen-bond acceptors (Lipinski definition) is 8. The van der Waals surface area contributed by atoms with Gasteiger partial charge in [0.15, 0.2) is 0 Å². The van der Waals surface area contributed by atoms with Gasteiger partial charge >= 0.3 is 5.97 Å². The van der Waals surface area contributed by atoms with Crippen LogP contribution in [0.3, 0.4) is 0 Å². The summed E-state index contributed by atoms with van der Waals surface area (Å²) in [6, 6.07) is 8.36. The molecule has 0 aliphatic carbocycles. The third kappa shape index (κ3) is 5.03. The number of hydrogen-bond donors (Lipinski definition) is 0. The van der Waals surface area contributed by atoms with E-state index in [0.29, 0.717) is 48.3 Å². The molecule has 1 fully saturated rings.